The van der Waals surface area contributed by atoms with E-state index in [1.165, 1.54) is 203 Å². The molecule has 0 bridgehead atoms. The largest absolute Gasteiger partial charge is 0.240 e. The number of nitrogens with zero attached hydrogens (tertiary/aromatic N) is 2. The number of unbranched alkanes of at least 4 members (excludes halogenated alkanes) is 22. The summed E-state index contributed by atoms with van der Waals surface area (Å²) in [6.45, 7) is 9.03. The second-order valence-electron chi connectivity index (χ2n) is 15.0. The smallest absolute Gasteiger partial charge is 0.134 e. The highest BCUT2D eigenvalue weighted by Gasteiger charge is 2.23. The lowest BCUT2D eigenvalue weighted by Gasteiger charge is -2.04. The predicted octanol–water partition coefficient (Wildman–Crippen LogP) is 18.4. The highest BCUT2D eigenvalue weighted by atomic mass is 79.9. The molecule has 0 aliphatic carbocycles. The Morgan fingerprint density at radius 1 is 0.442 bits per heavy atom. The quantitative estimate of drug-likeness (QED) is 0.0507. The molecule has 0 radical (unpaired) electrons. The van der Waals surface area contributed by atoms with Gasteiger partial charge in [-0.3, -0.25) is 0 Å². The minimum Gasteiger partial charge on any atom is -0.240 e. The molecule has 0 atom stereocenters. The summed E-state index contributed by atoms with van der Waals surface area (Å²) in [4.78, 5) is 15.9. The molecule has 0 saturated heterocycles. The number of aryl methyl sites for hydroxylation is 4. The van der Waals surface area contributed by atoms with Gasteiger partial charge >= 0.3 is 0 Å². The van der Waals surface area contributed by atoms with Crippen molar-refractivity contribution in [3.05, 3.63) is 42.2 Å². The standard InChI is InChI=1S/C44H66Br2N2S4/c1-5-7-9-11-13-15-17-19-21-23-25-27-29-35-32-38(46)50-41(35)44-47-34(4)40(51-44)42-36(48-43(52-42)39-33(3)31-37(45)49-39)30-28-26-24-22-20-18-16-14-12-10-8-6-2/h31-32H,5-30H2,1-4H3. The van der Waals surface area contributed by atoms with Crippen molar-refractivity contribution in [1.82, 2.24) is 9.97 Å². The molecule has 0 fully saturated rings. The first kappa shape index (κ1) is 44.3. The van der Waals surface area contributed by atoms with Crippen LogP contribution in [0.25, 0.3) is 29.5 Å². The van der Waals surface area contributed by atoms with Gasteiger partial charge in [-0.1, -0.05) is 155 Å². The number of thiazole rings is 2. The van der Waals surface area contributed by atoms with Crippen LogP contribution in [0.3, 0.4) is 0 Å². The fourth-order valence-corrected chi connectivity index (χ4v) is 13.3. The Bertz CT molecular complexity index is 1550. The molecule has 290 valence electrons. The molecule has 4 heterocycles. The van der Waals surface area contributed by atoms with Gasteiger partial charge in [-0.2, -0.15) is 0 Å². The van der Waals surface area contributed by atoms with E-state index in [-0.39, 0.29) is 0 Å². The fraction of sp³-hybridized carbons (Fsp3) is 0.682. The molecule has 0 N–H and O–H groups in total. The Hall–Kier alpha value is -0.380. The van der Waals surface area contributed by atoms with Crippen molar-refractivity contribution in [3.8, 4) is 29.5 Å². The van der Waals surface area contributed by atoms with Crippen LogP contribution < -0.4 is 0 Å². The Morgan fingerprint density at radius 2 is 0.865 bits per heavy atom. The molecule has 52 heavy (non-hydrogen) atoms. The van der Waals surface area contributed by atoms with E-state index in [9.17, 15) is 0 Å². The first-order valence-corrected chi connectivity index (χ1v) is 25.8. The van der Waals surface area contributed by atoms with Gasteiger partial charge in [0.05, 0.1) is 38.5 Å². The number of thiophene rings is 2. The maximum absolute atomic E-state index is 5.34. The van der Waals surface area contributed by atoms with Crippen molar-refractivity contribution in [1.29, 1.82) is 0 Å². The summed E-state index contributed by atoms with van der Waals surface area (Å²) in [5.74, 6) is 0. The van der Waals surface area contributed by atoms with Gasteiger partial charge in [0.1, 0.15) is 10.0 Å². The fourth-order valence-electron chi connectivity index (χ4n) is 7.21. The molecule has 0 amide bonds. The van der Waals surface area contributed by atoms with Gasteiger partial charge in [0.15, 0.2) is 0 Å². The van der Waals surface area contributed by atoms with Crippen molar-refractivity contribution in [2.75, 3.05) is 0 Å². The van der Waals surface area contributed by atoms with Crippen LogP contribution in [-0.2, 0) is 12.8 Å². The first-order valence-electron chi connectivity index (χ1n) is 20.9. The summed E-state index contributed by atoms with van der Waals surface area (Å²) >= 11 is 15.0. The van der Waals surface area contributed by atoms with Crippen molar-refractivity contribution in [2.24, 2.45) is 0 Å². The van der Waals surface area contributed by atoms with Crippen LogP contribution >= 0.6 is 77.2 Å². The van der Waals surface area contributed by atoms with E-state index in [0.717, 1.165) is 23.5 Å². The predicted molar refractivity (Wildman–Crippen MR) is 244 cm³/mol. The summed E-state index contributed by atoms with van der Waals surface area (Å²) in [6, 6.07) is 4.59. The van der Waals surface area contributed by atoms with E-state index in [1.807, 2.05) is 45.3 Å². The van der Waals surface area contributed by atoms with Crippen molar-refractivity contribution < 1.29 is 0 Å². The lowest BCUT2D eigenvalue weighted by molar-refractivity contribution is 0.543. The molecule has 8 heteroatoms. The van der Waals surface area contributed by atoms with Crippen molar-refractivity contribution in [3.63, 3.8) is 0 Å². The second-order valence-corrected chi connectivity index (χ2v) is 21.8. The molecule has 0 aromatic carbocycles. The first-order chi connectivity index (χ1) is 25.4. The molecule has 0 aliphatic rings. The molecule has 2 nitrogen and oxygen atoms in total. The van der Waals surface area contributed by atoms with Crippen molar-refractivity contribution >= 4 is 77.2 Å². The molecular weight excluding hydrogens is 845 g/mol. The molecule has 0 aliphatic heterocycles. The normalized spacial score (nSPS) is 11.7. The zero-order chi connectivity index (χ0) is 37.0. The second kappa shape index (κ2) is 25.7. The number of hydrogen-bond donors (Lipinski definition) is 0. The van der Waals surface area contributed by atoms with Crippen LogP contribution in [0, 0.1) is 13.8 Å². The summed E-state index contributed by atoms with van der Waals surface area (Å²) in [5.41, 5.74) is 5.20. The van der Waals surface area contributed by atoms with Gasteiger partial charge in [0, 0.05) is 0 Å². The van der Waals surface area contributed by atoms with Crippen LogP contribution in [0.2, 0.25) is 0 Å². The summed E-state index contributed by atoms with van der Waals surface area (Å²) in [7, 11) is 0. The van der Waals surface area contributed by atoms with Crippen LogP contribution in [0.15, 0.2) is 19.7 Å². The topological polar surface area (TPSA) is 25.8 Å². The Balaban J connectivity index is 1.32. The van der Waals surface area contributed by atoms with E-state index in [4.69, 9.17) is 9.97 Å². The number of hydrogen-bond acceptors (Lipinski definition) is 6. The maximum Gasteiger partial charge on any atom is 0.134 e. The zero-order valence-corrected chi connectivity index (χ0v) is 39.3. The van der Waals surface area contributed by atoms with E-state index in [1.54, 1.807) is 0 Å². The van der Waals surface area contributed by atoms with Crippen LogP contribution in [0.5, 0.6) is 0 Å². The van der Waals surface area contributed by atoms with Crippen molar-refractivity contribution in [2.45, 2.75) is 195 Å². The third kappa shape index (κ3) is 15.3. The Morgan fingerprint density at radius 3 is 1.37 bits per heavy atom. The van der Waals surface area contributed by atoms with Crippen LogP contribution in [-0.4, -0.2) is 9.97 Å². The Kier molecular flexibility index (Phi) is 21.9. The lowest BCUT2D eigenvalue weighted by atomic mass is 10.0. The highest BCUT2D eigenvalue weighted by molar-refractivity contribution is 9.11. The summed E-state index contributed by atoms with van der Waals surface area (Å²) < 4.78 is 2.40. The lowest BCUT2D eigenvalue weighted by Crippen LogP contribution is -1.90. The van der Waals surface area contributed by atoms with Gasteiger partial charge in [-0.25, -0.2) is 9.97 Å². The van der Waals surface area contributed by atoms with E-state index in [2.05, 4.69) is 71.7 Å². The molecule has 4 rings (SSSR count). The average Bonchev–Trinajstić information content (AvgIpc) is 3.90. The molecule has 4 aromatic heterocycles. The van der Waals surface area contributed by atoms with Crippen LogP contribution in [0.4, 0.5) is 0 Å². The third-order valence-corrected chi connectivity index (χ3v) is 16.5. The third-order valence-electron chi connectivity index (χ3n) is 10.3. The molecule has 0 unspecified atom stereocenters. The number of aromatic nitrogens is 2. The van der Waals surface area contributed by atoms with Gasteiger partial charge in [-0.05, 0) is 94.7 Å². The highest BCUT2D eigenvalue weighted by Crippen LogP contribution is 2.47. The van der Waals surface area contributed by atoms with Gasteiger partial charge in [0.2, 0.25) is 0 Å². The minimum absolute atomic E-state index is 1.05. The van der Waals surface area contributed by atoms with Crippen LogP contribution in [0.1, 0.15) is 190 Å². The Labute approximate surface area is 350 Å². The summed E-state index contributed by atoms with van der Waals surface area (Å²) in [6.07, 6.45) is 35.4. The average molecular weight is 911 g/mol. The van der Waals surface area contributed by atoms with Gasteiger partial charge in [-0.15, -0.1) is 45.3 Å². The van der Waals surface area contributed by atoms with E-state index >= 15 is 0 Å². The van der Waals surface area contributed by atoms with E-state index < -0.39 is 0 Å². The zero-order valence-electron chi connectivity index (χ0n) is 32.8. The number of rotatable bonds is 29. The minimum atomic E-state index is 1.05. The monoisotopic (exact) mass is 908 g/mol. The maximum atomic E-state index is 5.34. The van der Waals surface area contributed by atoms with Gasteiger partial charge < -0.3 is 0 Å². The summed E-state index contributed by atoms with van der Waals surface area (Å²) in [5, 5.41) is 2.34. The number of halogens is 2. The molecular formula is C44H66Br2N2S4. The molecule has 0 spiro atoms. The molecule has 0 saturated carbocycles. The van der Waals surface area contributed by atoms with Gasteiger partial charge in [0.25, 0.3) is 0 Å². The van der Waals surface area contributed by atoms with E-state index in [0.29, 0.717) is 0 Å². The SMILES string of the molecule is CCCCCCCCCCCCCCc1cc(Br)sc1-c1nc(C)c(-c2sc(-c3sc(Br)cc3C)nc2CCCCCCCCCCCCCC)s1. The molecule has 4 aromatic rings.